The summed E-state index contributed by atoms with van der Waals surface area (Å²) in [5, 5.41) is 35.5. The van der Waals surface area contributed by atoms with Gasteiger partial charge in [-0.3, -0.25) is 9.98 Å². The average Bonchev–Trinajstić information content (AvgIpc) is 3.73. The number of nitrogens with zero attached hydrogens (tertiary/aromatic N) is 4. The van der Waals surface area contributed by atoms with Gasteiger partial charge in [0.15, 0.2) is 0 Å². The van der Waals surface area contributed by atoms with Gasteiger partial charge in [0.25, 0.3) is 20.0 Å². The van der Waals surface area contributed by atoms with Crippen LogP contribution in [0.1, 0.15) is 33.6 Å². The summed E-state index contributed by atoms with van der Waals surface area (Å²) < 4.78 is 65.1. The summed E-state index contributed by atoms with van der Waals surface area (Å²) >= 11 is 0. The summed E-state index contributed by atoms with van der Waals surface area (Å²) in [6, 6.07) is 33.7. The molecular weight excluding hydrogens is 900 g/mol. The van der Waals surface area contributed by atoms with Gasteiger partial charge >= 0.3 is 17.1 Å². The van der Waals surface area contributed by atoms with Crippen molar-refractivity contribution in [2.24, 2.45) is 9.98 Å². The molecular formula is C44H40CuN6O10S2. The molecule has 63 heavy (non-hydrogen) atoms. The van der Waals surface area contributed by atoms with Crippen LogP contribution in [-0.4, -0.2) is 50.5 Å². The number of aliphatic imine (C=N–C) groups is 2. The quantitative estimate of drug-likeness (QED) is 0.111. The third-order valence-corrected chi connectivity index (χ3v) is 12.3. The molecule has 0 amide bonds. The topological polar surface area (TPSA) is 278 Å². The summed E-state index contributed by atoms with van der Waals surface area (Å²) in [4.78, 5) is 8.81. The van der Waals surface area contributed by atoms with Gasteiger partial charge in [0.2, 0.25) is 11.8 Å². The Kier molecular flexibility index (Phi) is 15.8. The predicted molar refractivity (Wildman–Crippen MR) is 235 cm³/mol. The summed E-state index contributed by atoms with van der Waals surface area (Å²) in [6.07, 6.45) is 3.01. The van der Waals surface area contributed by atoms with Crippen molar-refractivity contribution < 1.29 is 64.1 Å². The number of hydrogen-bond acceptors (Lipinski definition) is 12. The second-order valence-electron chi connectivity index (χ2n) is 13.6. The molecule has 0 saturated heterocycles. The van der Waals surface area contributed by atoms with Crippen molar-refractivity contribution >= 4 is 77.2 Å². The molecule has 19 heteroatoms. The molecule has 0 aliphatic heterocycles. The van der Waals surface area contributed by atoms with Crippen molar-refractivity contribution in [2.75, 3.05) is 9.44 Å². The van der Waals surface area contributed by atoms with Gasteiger partial charge in [-0.15, -0.1) is 0 Å². The van der Waals surface area contributed by atoms with E-state index in [2.05, 4.69) is 29.7 Å². The van der Waals surface area contributed by atoms with Crippen LogP contribution in [0.15, 0.2) is 150 Å². The van der Waals surface area contributed by atoms with Crippen LogP contribution in [0.4, 0.5) is 23.1 Å². The minimum absolute atomic E-state index is 0. The Hall–Kier alpha value is -6.86. The van der Waals surface area contributed by atoms with Crippen LogP contribution < -0.4 is 19.7 Å². The van der Waals surface area contributed by atoms with E-state index in [1.54, 1.807) is 64.1 Å². The molecule has 0 spiro atoms. The Morgan fingerprint density at radius 1 is 0.524 bits per heavy atom. The van der Waals surface area contributed by atoms with E-state index in [-0.39, 0.29) is 61.1 Å². The Balaban J connectivity index is 0.000000264. The molecule has 16 nitrogen and oxygen atoms in total. The van der Waals surface area contributed by atoms with Crippen LogP contribution in [-0.2, 0) is 37.1 Å². The number of aromatic nitrogens is 2. The van der Waals surface area contributed by atoms with E-state index >= 15 is 0 Å². The van der Waals surface area contributed by atoms with Crippen LogP contribution >= 0.6 is 0 Å². The number of fused-ring (bicyclic) bond motifs is 2. The number of aryl methyl sites for hydroxylation is 2. The summed E-state index contributed by atoms with van der Waals surface area (Å²) in [6.45, 7) is 6.90. The zero-order valence-electron chi connectivity index (χ0n) is 33.9. The Bertz CT molecular complexity index is 2940. The number of benzene rings is 6. The van der Waals surface area contributed by atoms with Crippen molar-refractivity contribution in [3.05, 3.63) is 155 Å². The number of hydrogen-bond donors (Lipinski definition) is 2. The van der Waals surface area contributed by atoms with E-state index < -0.39 is 20.0 Å². The van der Waals surface area contributed by atoms with E-state index in [1.165, 1.54) is 48.8 Å². The Labute approximate surface area is 373 Å². The summed E-state index contributed by atoms with van der Waals surface area (Å²) in [5.41, 5.74) is 4.50. The van der Waals surface area contributed by atoms with Gasteiger partial charge < -0.3 is 30.2 Å². The number of sulfonamides is 2. The first-order valence-electron chi connectivity index (χ1n) is 18.3. The fourth-order valence-corrected chi connectivity index (χ4v) is 7.99. The molecule has 0 unspecified atom stereocenters. The SMILES string of the molecule is Cc1noc(NS(=O)(=O)c2ccc(N=Cc3c([O-])ccc4ccccc34)cc2)c1C.Cc1noc(NS(=O)(=O)c2ccc(N=Cc3c([O-])ccc4ccccc34)cc2)c1C.O.O.[Cu+2]. The molecule has 6 N–H and O–H groups in total. The van der Waals surface area contributed by atoms with E-state index in [1.807, 2.05) is 48.5 Å². The Morgan fingerprint density at radius 2 is 0.873 bits per heavy atom. The molecule has 2 heterocycles. The van der Waals surface area contributed by atoms with Crippen LogP contribution in [0, 0.1) is 27.7 Å². The van der Waals surface area contributed by atoms with Gasteiger partial charge in [0, 0.05) is 23.6 Å². The standard InChI is InChI=1S/2C22H19N3O4S.Cu.2H2O/c2*1-14-15(2)24-29-22(14)25-30(27,28)18-10-8-17(9-11-18)23-13-20-19-6-4-3-5-16(19)7-12-21(20)26;;;/h2*3-13,25-26H,1-2H3;;2*1H2/q;;+2;;/p-2. The third-order valence-electron chi connectivity index (χ3n) is 9.61. The van der Waals surface area contributed by atoms with Crippen LogP contribution in [0.3, 0.4) is 0 Å². The van der Waals surface area contributed by atoms with E-state index in [9.17, 15) is 27.0 Å². The van der Waals surface area contributed by atoms with Crippen molar-refractivity contribution in [2.45, 2.75) is 37.5 Å². The molecule has 8 rings (SSSR count). The molecule has 0 saturated carbocycles. The average molecular weight is 941 g/mol. The van der Waals surface area contributed by atoms with Gasteiger partial charge in [0.05, 0.1) is 32.6 Å². The van der Waals surface area contributed by atoms with Gasteiger partial charge in [-0.2, -0.15) is 0 Å². The van der Waals surface area contributed by atoms with E-state index in [0.717, 1.165) is 21.5 Å². The second kappa shape index (κ2) is 20.3. The van der Waals surface area contributed by atoms with Crippen molar-refractivity contribution in [1.82, 2.24) is 10.3 Å². The van der Waals surface area contributed by atoms with Crippen molar-refractivity contribution in [3.8, 4) is 11.5 Å². The molecule has 8 aromatic rings. The van der Waals surface area contributed by atoms with Crippen molar-refractivity contribution in [1.29, 1.82) is 0 Å². The first kappa shape index (κ1) is 48.8. The fourth-order valence-electron chi connectivity index (χ4n) is 5.90. The molecule has 0 aliphatic carbocycles. The van der Waals surface area contributed by atoms with Crippen LogP contribution in [0.5, 0.6) is 11.5 Å². The second-order valence-corrected chi connectivity index (χ2v) is 16.9. The summed E-state index contributed by atoms with van der Waals surface area (Å²) in [7, 11) is -7.66. The molecule has 0 atom stereocenters. The van der Waals surface area contributed by atoms with Gasteiger partial charge in [-0.25, -0.2) is 26.3 Å². The van der Waals surface area contributed by atoms with Gasteiger partial charge in [0.1, 0.15) is 0 Å². The number of rotatable bonds is 10. The summed E-state index contributed by atoms with van der Waals surface area (Å²) in [5.74, 6) is -0.0702. The minimum atomic E-state index is -3.83. The zero-order chi connectivity index (χ0) is 42.6. The predicted octanol–water partition coefficient (Wildman–Crippen LogP) is 6.49. The molecule has 6 aromatic carbocycles. The molecule has 1 radical (unpaired) electrons. The fraction of sp³-hybridized carbons (Fsp3) is 0.0909. The smallest absolute Gasteiger partial charge is 0.872 e. The van der Waals surface area contributed by atoms with Crippen molar-refractivity contribution in [3.63, 3.8) is 0 Å². The Morgan fingerprint density at radius 3 is 1.21 bits per heavy atom. The zero-order valence-corrected chi connectivity index (χ0v) is 36.4. The number of nitrogens with one attached hydrogen (secondary N) is 2. The van der Waals surface area contributed by atoms with Crippen LogP contribution in [0.25, 0.3) is 21.5 Å². The molecule has 0 fully saturated rings. The normalized spacial score (nSPS) is 11.4. The maximum Gasteiger partial charge on any atom is 2.00 e. The molecule has 0 bridgehead atoms. The van der Waals surface area contributed by atoms with E-state index in [4.69, 9.17) is 9.05 Å². The first-order chi connectivity index (χ1) is 28.7. The first-order valence-corrected chi connectivity index (χ1v) is 21.2. The largest absolute Gasteiger partial charge is 2.00 e. The third kappa shape index (κ3) is 11.0. The minimum Gasteiger partial charge on any atom is -0.872 e. The molecule has 0 aliphatic rings. The number of anilines is 2. The van der Waals surface area contributed by atoms with Gasteiger partial charge in [-0.1, -0.05) is 94.6 Å². The maximum absolute atomic E-state index is 12.6. The van der Waals surface area contributed by atoms with E-state index in [0.29, 0.717) is 45.0 Å². The molecule has 329 valence electrons. The van der Waals surface area contributed by atoms with Crippen LogP contribution in [0.2, 0.25) is 0 Å². The van der Waals surface area contributed by atoms with Gasteiger partial charge in [-0.05, 0) is 109 Å². The molecule has 2 aromatic heterocycles. The maximum atomic E-state index is 12.6. The monoisotopic (exact) mass is 939 g/mol.